The molecule has 0 heterocycles. The van der Waals surface area contributed by atoms with Gasteiger partial charge in [0.1, 0.15) is 18.3 Å². The van der Waals surface area contributed by atoms with Gasteiger partial charge in [-0.1, -0.05) is 76.9 Å². The second-order valence-electron chi connectivity index (χ2n) is 9.76. The Labute approximate surface area is 255 Å². The van der Waals surface area contributed by atoms with E-state index in [2.05, 4.69) is 21.2 Å². The first kappa shape index (κ1) is 32.4. The topological polar surface area (TPSA) is 96.0 Å². The first-order valence-electron chi connectivity index (χ1n) is 13.1. The molecule has 2 atom stereocenters. The van der Waals surface area contributed by atoms with Gasteiger partial charge in [-0.15, -0.1) is 0 Å². The van der Waals surface area contributed by atoms with Gasteiger partial charge in [0, 0.05) is 28.5 Å². The molecule has 0 aliphatic rings. The van der Waals surface area contributed by atoms with Crippen molar-refractivity contribution in [3.05, 3.63) is 93.4 Å². The molecule has 3 aromatic rings. The highest BCUT2D eigenvalue weighted by molar-refractivity contribution is 9.10. The summed E-state index contributed by atoms with van der Waals surface area (Å²) in [5.74, 6) is -0.636. The summed E-state index contributed by atoms with van der Waals surface area (Å²) < 4.78 is 33.2. The van der Waals surface area contributed by atoms with E-state index in [9.17, 15) is 18.0 Å². The van der Waals surface area contributed by atoms with Crippen LogP contribution < -0.4 is 14.4 Å². The van der Waals surface area contributed by atoms with Crippen molar-refractivity contribution < 1.29 is 22.7 Å². The number of nitrogens with zero attached hydrogens (tertiary/aromatic N) is 2. The number of halogens is 2. The van der Waals surface area contributed by atoms with E-state index in [1.165, 1.54) is 24.1 Å². The maximum Gasteiger partial charge on any atom is 0.244 e. The third-order valence-electron chi connectivity index (χ3n) is 6.63. The SMILES string of the molecule is CC[C@@H](C)NC(=O)[C@@H](Cc1ccccc1)N(Cc1ccc(Br)cc1)C(=O)CN(c1cc(Cl)ccc1OC)S(C)(=O)=O. The maximum absolute atomic E-state index is 14.2. The van der Waals surface area contributed by atoms with Crippen LogP contribution in [0.2, 0.25) is 5.02 Å². The summed E-state index contributed by atoms with van der Waals surface area (Å²) in [6.07, 6.45) is 1.96. The van der Waals surface area contributed by atoms with E-state index in [-0.39, 0.29) is 41.4 Å². The molecule has 3 aromatic carbocycles. The van der Waals surface area contributed by atoms with Crippen LogP contribution >= 0.6 is 27.5 Å². The normalized spacial score (nSPS) is 12.7. The molecule has 0 aromatic heterocycles. The Kier molecular flexibility index (Phi) is 11.6. The number of methoxy groups -OCH3 is 1. The van der Waals surface area contributed by atoms with Crippen LogP contribution in [0.5, 0.6) is 5.75 Å². The van der Waals surface area contributed by atoms with Crippen molar-refractivity contribution in [3.63, 3.8) is 0 Å². The summed E-state index contributed by atoms with van der Waals surface area (Å²) in [6.45, 7) is 3.38. The molecule has 41 heavy (non-hydrogen) atoms. The summed E-state index contributed by atoms with van der Waals surface area (Å²) in [5.41, 5.74) is 1.77. The lowest BCUT2D eigenvalue weighted by Crippen LogP contribution is -2.54. The summed E-state index contributed by atoms with van der Waals surface area (Å²) in [6, 6.07) is 20.3. The minimum absolute atomic E-state index is 0.0851. The van der Waals surface area contributed by atoms with Gasteiger partial charge in [-0.3, -0.25) is 13.9 Å². The smallest absolute Gasteiger partial charge is 0.244 e. The lowest BCUT2D eigenvalue weighted by atomic mass is 10.0. The van der Waals surface area contributed by atoms with Crippen LogP contribution in [-0.4, -0.2) is 57.1 Å². The first-order chi connectivity index (χ1) is 19.4. The number of anilines is 1. The first-order valence-corrected chi connectivity index (χ1v) is 16.1. The Morgan fingerprint density at radius 2 is 1.68 bits per heavy atom. The molecule has 0 bridgehead atoms. The Hall–Kier alpha value is -3.08. The second-order valence-corrected chi connectivity index (χ2v) is 13.0. The molecule has 0 radical (unpaired) electrons. The van der Waals surface area contributed by atoms with Gasteiger partial charge >= 0.3 is 0 Å². The average Bonchev–Trinajstić information content (AvgIpc) is 2.94. The van der Waals surface area contributed by atoms with E-state index in [4.69, 9.17) is 16.3 Å². The van der Waals surface area contributed by atoms with Gasteiger partial charge in [0.05, 0.1) is 19.1 Å². The lowest BCUT2D eigenvalue weighted by molar-refractivity contribution is -0.140. The summed E-state index contributed by atoms with van der Waals surface area (Å²) >= 11 is 9.63. The van der Waals surface area contributed by atoms with Gasteiger partial charge in [0.25, 0.3) is 0 Å². The number of hydrogen-bond acceptors (Lipinski definition) is 5. The molecule has 0 saturated heterocycles. The second kappa shape index (κ2) is 14.7. The highest BCUT2D eigenvalue weighted by Crippen LogP contribution is 2.33. The molecule has 0 aliphatic carbocycles. The number of hydrogen-bond donors (Lipinski definition) is 1. The third-order valence-corrected chi connectivity index (χ3v) is 8.52. The van der Waals surface area contributed by atoms with Crippen molar-refractivity contribution in [3.8, 4) is 5.75 Å². The molecule has 0 saturated carbocycles. The van der Waals surface area contributed by atoms with Gasteiger partial charge in [-0.05, 0) is 54.8 Å². The fraction of sp³-hybridized carbons (Fsp3) is 0.333. The predicted octanol–water partition coefficient (Wildman–Crippen LogP) is 5.43. The Morgan fingerprint density at radius 3 is 2.27 bits per heavy atom. The maximum atomic E-state index is 14.2. The van der Waals surface area contributed by atoms with E-state index in [1.54, 1.807) is 6.07 Å². The summed E-state index contributed by atoms with van der Waals surface area (Å²) in [5, 5.41) is 3.29. The molecule has 3 rings (SSSR count). The minimum Gasteiger partial charge on any atom is -0.495 e. The summed E-state index contributed by atoms with van der Waals surface area (Å²) in [7, 11) is -2.55. The van der Waals surface area contributed by atoms with Crippen molar-refractivity contribution in [2.45, 2.75) is 45.3 Å². The van der Waals surface area contributed by atoms with Crippen LogP contribution in [0.1, 0.15) is 31.4 Å². The van der Waals surface area contributed by atoms with E-state index in [0.717, 1.165) is 26.2 Å². The number of nitrogens with one attached hydrogen (secondary N) is 1. The van der Waals surface area contributed by atoms with Crippen LogP contribution in [0.4, 0.5) is 5.69 Å². The number of sulfonamides is 1. The number of ether oxygens (including phenoxy) is 1. The zero-order chi connectivity index (χ0) is 30.2. The van der Waals surface area contributed by atoms with Gasteiger partial charge in [-0.25, -0.2) is 8.42 Å². The average molecular weight is 665 g/mol. The lowest BCUT2D eigenvalue weighted by Gasteiger charge is -2.34. The molecular weight excluding hydrogens is 630 g/mol. The predicted molar refractivity (Wildman–Crippen MR) is 167 cm³/mol. The number of amides is 2. The van der Waals surface area contributed by atoms with Crippen LogP contribution in [0.25, 0.3) is 0 Å². The highest BCUT2D eigenvalue weighted by Gasteiger charge is 2.34. The van der Waals surface area contributed by atoms with Crippen molar-refractivity contribution >= 4 is 55.1 Å². The molecule has 0 fully saturated rings. The Morgan fingerprint density at radius 1 is 1.02 bits per heavy atom. The molecule has 0 aliphatic heterocycles. The highest BCUT2D eigenvalue weighted by atomic mass is 79.9. The van der Waals surface area contributed by atoms with Gasteiger partial charge < -0.3 is 15.0 Å². The minimum atomic E-state index is -3.96. The van der Waals surface area contributed by atoms with Crippen LogP contribution in [0.3, 0.4) is 0 Å². The molecular formula is C30H35BrClN3O5S. The van der Waals surface area contributed by atoms with Crippen molar-refractivity contribution in [2.75, 3.05) is 24.2 Å². The molecule has 2 amide bonds. The molecule has 11 heteroatoms. The molecule has 220 valence electrons. The van der Waals surface area contributed by atoms with E-state index < -0.39 is 28.5 Å². The van der Waals surface area contributed by atoms with Crippen LogP contribution in [0, 0.1) is 0 Å². The Bertz CT molecular complexity index is 1440. The zero-order valence-corrected chi connectivity index (χ0v) is 26.7. The van der Waals surface area contributed by atoms with Crippen molar-refractivity contribution in [2.24, 2.45) is 0 Å². The fourth-order valence-corrected chi connectivity index (χ4v) is 5.51. The monoisotopic (exact) mass is 663 g/mol. The summed E-state index contributed by atoms with van der Waals surface area (Å²) in [4.78, 5) is 29.3. The number of carbonyl (C=O) groups is 2. The standard InChI is InChI=1S/C30H35BrClN3O5S/c1-5-21(2)33-30(37)27(17-22-9-7-6-8-10-22)34(19-23-11-13-24(31)14-12-23)29(36)20-35(41(4,38)39)26-18-25(32)15-16-28(26)40-3/h6-16,18,21,27H,5,17,19-20H2,1-4H3,(H,33,37)/t21-,27-/m1/s1. The van der Waals surface area contributed by atoms with Crippen molar-refractivity contribution in [1.29, 1.82) is 0 Å². The molecule has 8 nitrogen and oxygen atoms in total. The number of rotatable bonds is 13. The van der Waals surface area contributed by atoms with Crippen LogP contribution in [-0.2, 0) is 32.6 Å². The number of benzene rings is 3. The number of carbonyl (C=O) groups excluding carboxylic acids is 2. The van der Waals surface area contributed by atoms with E-state index >= 15 is 0 Å². The van der Waals surface area contributed by atoms with Gasteiger partial charge in [0.2, 0.25) is 21.8 Å². The zero-order valence-electron chi connectivity index (χ0n) is 23.5. The van der Waals surface area contributed by atoms with E-state index in [0.29, 0.717) is 6.42 Å². The molecule has 0 unspecified atom stereocenters. The third kappa shape index (κ3) is 9.21. The molecule has 0 spiro atoms. The van der Waals surface area contributed by atoms with Gasteiger partial charge in [0.15, 0.2) is 0 Å². The fourth-order valence-electron chi connectivity index (χ4n) is 4.23. The quantitative estimate of drug-likeness (QED) is 0.263. The molecule has 1 N–H and O–H groups in total. The van der Waals surface area contributed by atoms with Crippen molar-refractivity contribution in [1.82, 2.24) is 10.2 Å². The van der Waals surface area contributed by atoms with Crippen LogP contribution in [0.15, 0.2) is 77.3 Å². The van der Waals surface area contributed by atoms with Gasteiger partial charge in [-0.2, -0.15) is 0 Å². The Balaban J connectivity index is 2.10. The van der Waals surface area contributed by atoms with E-state index in [1.807, 2.05) is 68.4 Å². The largest absolute Gasteiger partial charge is 0.495 e.